The number of nitrogens with one attached hydrogen (secondary N) is 1. The summed E-state index contributed by atoms with van der Waals surface area (Å²) in [5.74, 6) is -9.07. The maximum atomic E-state index is 14.1. The van der Waals surface area contributed by atoms with Crippen molar-refractivity contribution in [3.63, 3.8) is 0 Å². The summed E-state index contributed by atoms with van der Waals surface area (Å²) in [5, 5.41) is 20.3. The van der Waals surface area contributed by atoms with Gasteiger partial charge in [0.1, 0.15) is 24.3 Å². The Hall–Kier alpha value is -4.97. The van der Waals surface area contributed by atoms with E-state index >= 15 is 0 Å². The van der Waals surface area contributed by atoms with Gasteiger partial charge in [-0.05, 0) is 11.1 Å². The quantitative estimate of drug-likeness (QED) is 0.169. The number of nitrogen functional groups attached to an aromatic ring is 1. The summed E-state index contributed by atoms with van der Waals surface area (Å²) < 4.78 is 65.7. The Labute approximate surface area is 243 Å². The fourth-order valence-electron chi connectivity index (χ4n) is 3.57. The molecule has 0 aliphatic heterocycles. The summed E-state index contributed by atoms with van der Waals surface area (Å²) in [6, 6.07) is 19.1. The zero-order valence-electron chi connectivity index (χ0n) is 21.8. The molecular weight excluding hydrogens is 584 g/mol. The minimum Gasteiger partial charge on any atom is -1.00 e. The van der Waals surface area contributed by atoms with Crippen LogP contribution in [0.2, 0.25) is 0 Å². The molecule has 222 valence electrons. The zero-order chi connectivity index (χ0) is 30.1. The standard InChI is InChI=1S/C15H13F2NO3.C14H11F2NO3.ClH/c1-18-11-7-10(16)14(13(17)12(11)15(19)20)21-8-9-5-3-2-4-6-9;15-9-6-10(17)11(14(18)19)12(16)13(9)20-7-8-4-2-1-3-5-8;/h2-7,18H,8H2,1H3,(H,19,20);1-6H,7,17H2,(H,18,19);1H/p-1. The van der Waals surface area contributed by atoms with E-state index in [1.165, 1.54) is 7.05 Å². The molecule has 4 aromatic rings. The average molecular weight is 608 g/mol. The number of carboxylic acid groups (broad SMARTS) is 2. The lowest BCUT2D eigenvalue weighted by Crippen LogP contribution is -3.00. The van der Waals surface area contributed by atoms with Gasteiger partial charge >= 0.3 is 11.9 Å². The van der Waals surface area contributed by atoms with E-state index in [4.69, 9.17) is 25.4 Å². The van der Waals surface area contributed by atoms with Gasteiger partial charge in [0.05, 0.1) is 11.4 Å². The van der Waals surface area contributed by atoms with Gasteiger partial charge in [0.15, 0.2) is 34.8 Å². The Balaban J connectivity index is 0.000000287. The van der Waals surface area contributed by atoms with E-state index in [0.717, 1.165) is 12.1 Å². The maximum Gasteiger partial charge on any atom is 0.340 e. The predicted molar refractivity (Wildman–Crippen MR) is 142 cm³/mol. The largest absolute Gasteiger partial charge is 1.00 e. The van der Waals surface area contributed by atoms with Gasteiger partial charge in [-0.2, -0.15) is 0 Å². The van der Waals surface area contributed by atoms with Gasteiger partial charge in [-0.15, -0.1) is 0 Å². The number of rotatable bonds is 9. The van der Waals surface area contributed by atoms with Crippen LogP contribution in [0.15, 0.2) is 72.8 Å². The van der Waals surface area contributed by atoms with Crippen LogP contribution in [-0.4, -0.2) is 29.2 Å². The van der Waals surface area contributed by atoms with Gasteiger partial charge < -0.3 is 43.1 Å². The summed E-state index contributed by atoms with van der Waals surface area (Å²) in [7, 11) is 1.38. The molecule has 0 aromatic heterocycles. The van der Waals surface area contributed by atoms with Gasteiger partial charge in [0.2, 0.25) is 0 Å². The number of ether oxygens (including phenoxy) is 2. The van der Waals surface area contributed by atoms with Gasteiger partial charge in [-0.25, -0.2) is 27.2 Å². The molecule has 0 heterocycles. The molecule has 0 aliphatic rings. The molecule has 0 radical (unpaired) electrons. The Morgan fingerprint density at radius 1 is 0.738 bits per heavy atom. The molecular formula is C29H24ClF4N2O6-. The molecule has 0 saturated heterocycles. The summed E-state index contributed by atoms with van der Waals surface area (Å²) in [4.78, 5) is 22.0. The number of nitrogens with two attached hydrogens (primary N) is 1. The third-order valence-corrected chi connectivity index (χ3v) is 5.53. The van der Waals surface area contributed by atoms with Crippen molar-refractivity contribution in [1.29, 1.82) is 0 Å². The smallest absolute Gasteiger partial charge is 0.340 e. The van der Waals surface area contributed by atoms with Gasteiger partial charge in [0.25, 0.3) is 0 Å². The zero-order valence-corrected chi connectivity index (χ0v) is 22.6. The first-order valence-electron chi connectivity index (χ1n) is 11.8. The first-order chi connectivity index (χ1) is 19.5. The van der Waals surface area contributed by atoms with Crippen molar-refractivity contribution in [1.82, 2.24) is 0 Å². The monoisotopic (exact) mass is 607 g/mol. The molecule has 0 amide bonds. The van der Waals surface area contributed by atoms with E-state index in [9.17, 15) is 27.2 Å². The molecule has 0 spiro atoms. The van der Waals surface area contributed by atoms with Crippen molar-refractivity contribution >= 4 is 23.3 Å². The number of hydrogen-bond acceptors (Lipinski definition) is 6. The maximum absolute atomic E-state index is 14.1. The molecule has 13 heteroatoms. The SMILES string of the molecule is CNc1cc(F)c(OCc2ccccc2)c(F)c1C(=O)O.Nc1cc(F)c(OCc2ccccc2)c(F)c1C(=O)O.[Cl-]. The molecule has 8 nitrogen and oxygen atoms in total. The third kappa shape index (κ3) is 8.04. The highest BCUT2D eigenvalue weighted by Crippen LogP contribution is 2.32. The highest BCUT2D eigenvalue weighted by molar-refractivity contribution is 5.95. The van der Waals surface area contributed by atoms with Crippen LogP contribution in [0.25, 0.3) is 0 Å². The number of halogens is 5. The van der Waals surface area contributed by atoms with E-state index in [1.807, 2.05) is 0 Å². The van der Waals surface area contributed by atoms with Gasteiger partial charge in [-0.3, -0.25) is 0 Å². The van der Waals surface area contributed by atoms with E-state index in [2.05, 4.69) is 5.32 Å². The van der Waals surface area contributed by atoms with Crippen LogP contribution in [0, 0.1) is 23.3 Å². The summed E-state index contributed by atoms with van der Waals surface area (Å²) in [6.07, 6.45) is 0. The van der Waals surface area contributed by atoms with Crippen molar-refractivity contribution in [2.24, 2.45) is 0 Å². The fraction of sp³-hybridized carbons (Fsp3) is 0.103. The number of anilines is 2. The highest BCUT2D eigenvalue weighted by atomic mass is 35.5. The van der Waals surface area contributed by atoms with Crippen LogP contribution in [0.3, 0.4) is 0 Å². The number of benzene rings is 4. The van der Waals surface area contributed by atoms with Crippen LogP contribution < -0.4 is 32.9 Å². The Bertz CT molecular complexity index is 1540. The van der Waals surface area contributed by atoms with E-state index in [0.29, 0.717) is 11.1 Å². The van der Waals surface area contributed by atoms with Crippen LogP contribution in [0.5, 0.6) is 11.5 Å². The lowest BCUT2D eigenvalue weighted by Gasteiger charge is -2.13. The van der Waals surface area contributed by atoms with Crippen molar-refractivity contribution in [3.8, 4) is 11.5 Å². The average Bonchev–Trinajstić information content (AvgIpc) is 2.93. The number of carboxylic acids is 2. The molecule has 0 fully saturated rings. The summed E-state index contributed by atoms with van der Waals surface area (Å²) in [6.45, 7) is -0.149. The fourth-order valence-corrected chi connectivity index (χ4v) is 3.57. The van der Waals surface area contributed by atoms with Crippen LogP contribution in [0.4, 0.5) is 28.9 Å². The first-order valence-corrected chi connectivity index (χ1v) is 11.8. The number of carbonyl (C=O) groups is 2. The summed E-state index contributed by atoms with van der Waals surface area (Å²) in [5.41, 5.74) is 4.61. The van der Waals surface area contributed by atoms with Crippen molar-refractivity contribution in [2.45, 2.75) is 13.2 Å². The molecule has 0 bridgehead atoms. The highest BCUT2D eigenvalue weighted by Gasteiger charge is 2.25. The van der Waals surface area contributed by atoms with E-state index < -0.39 is 63.5 Å². The van der Waals surface area contributed by atoms with Gasteiger partial charge in [-0.1, -0.05) is 60.7 Å². The van der Waals surface area contributed by atoms with Crippen LogP contribution in [0.1, 0.15) is 31.8 Å². The third-order valence-electron chi connectivity index (χ3n) is 5.53. The second-order valence-corrected chi connectivity index (χ2v) is 8.30. The minimum absolute atomic E-state index is 0. The lowest BCUT2D eigenvalue weighted by molar-refractivity contribution is -0.0000425. The predicted octanol–water partition coefficient (Wildman–Crippen LogP) is 3.11. The molecule has 5 N–H and O–H groups in total. The Morgan fingerprint density at radius 3 is 1.55 bits per heavy atom. The molecule has 42 heavy (non-hydrogen) atoms. The molecule has 0 aliphatic carbocycles. The van der Waals surface area contributed by atoms with Crippen molar-refractivity contribution in [3.05, 3.63) is 118 Å². The lowest BCUT2D eigenvalue weighted by atomic mass is 10.1. The van der Waals surface area contributed by atoms with Crippen LogP contribution in [-0.2, 0) is 13.2 Å². The molecule has 4 rings (SSSR count). The van der Waals surface area contributed by atoms with E-state index in [-0.39, 0.29) is 31.3 Å². The normalized spacial score (nSPS) is 10.0. The van der Waals surface area contributed by atoms with Gasteiger partial charge in [0, 0.05) is 19.2 Å². The second-order valence-electron chi connectivity index (χ2n) is 8.30. The molecule has 4 aromatic carbocycles. The van der Waals surface area contributed by atoms with Crippen LogP contribution >= 0.6 is 0 Å². The number of hydrogen-bond donors (Lipinski definition) is 4. The Morgan fingerprint density at radius 2 is 1.14 bits per heavy atom. The van der Waals surface area contributed by atoms with Crippen molar-refractivity contribution < 1.29 is 59.2 Å². The number of aromatic carboxylic acids is 2. The van der Waals surface area contributed by atoms with Crippen molar-refractivity contribution in [2.75, 3.05) is 18.1 Å². The molecule has 0 saturated carbocycles. The Kier molecular flexibility index (Phi) is 12.0. The topological polar surface area (TPSA) is 131 Å². The molecule has 0 atom stereocenters. The molecule has 0 unspecified atom stereocenters. The summed E-state index contributed by atoms with van der Waals surface area (Å²) >= 11 is 0. The first kappa shape index (κ1) is 33.2. The minimum atomic E-state index is -1.58. The second kappa shape index (κ2) is 15.1. The van der Waals surface area contributed by atoms with E-state index in [1.54, 1.807) is 60.7 Å².